The second-order valence-corrected chi connectivity index (χ2v) is 4.43. The minimum Gasteiger partial charge on any atom is -0.496 e. The van der Waals surface area contributed by atoms with Crippen LogP contribution in [0.2, 0.25) is 0 Å². The van der Waals surface area contributed by atoms with Gasteiger partial charge in [0.15, 0.2) is 0 Å². The van der Waals surface area contributed by atoms with Crippen LogP contribution in [0.3, 0.4) is 0 Å². The van der Waals surface area contributed by atoms with Gasteiger partial charge in [0, 0.05) is 5.56 Å². The normalized spacial score (nSPS) is 11.4. The van der Waals surface area contributed by atoms with Crippen molar-refractivity contribution in [3.63, 3.8) is 0 Å². The lowest BCUT2D eigenvalue weighted by Gasteiger charge is -2.12. The van der Waals surface area contributed by atoms with Crippen LogP contribution in [0.15, 0.2) is 30.3 Å². The molecule has 2 aromatic rings. The number of methoxy groups -OCH3 is 1. The molecule has 0 unspecified atom stereocenters. The molecule has 0 aliphatic carbocycles. The van der Waals surface area contributed by atoms with Gasteiger partial charge in [-0.05, 0) is 30.3 Å². The number of aromatic nitrogens is 1. The van der Waals surface area contributed by atoms with E-state index in [-0.39, 0.29) is 21.6 Å². The predicted octanol–water partition coefficient (Wildman–Crippen LogP) is 4.58. The van der Waals surface area contributed by atoms with Gasteiger partial charge in [-0.2, -0.15) is 13.2 Å². The average Bonchev–Trinajstić information content (AvgIpc) is 2.37. The Kier molecular flexibility index (Phi) is 3.80. The molecule has 0 aliphatic rings. The SMILES string of the molecule is COc1ccc(F)cc1-c1cc(C(F)(F)F)cc(=S)[nH]1. The van der Waals surface area contributed by atoms with Crippen LogP contribution in [-0.2, 0) is 6.18 Å². The van der Waals surface area contributed by atoms with Crippen molar-refractivity contribution >= 4 is 12.2 Å². The molecule has 0 spiro atoms. The van der Waals surface area contributed by atoms with Crippen molar-refractivity contribution in [3.05, 3.63) is 46.4 Å². The van der Waals surface area contributed by atoms with Gasteiger partial charge in [-0.15, -0.1) is 0 Å². The second kappa shape index (κ2) is 5.24. The van der Waals surface area contributed by atoms with Crippen molar-refractivity contribution in [2.24, 2.45) is 0 Å². The van der Waals surface area contributed by atoms with E-state index in [0.29, 0.717) is 0 Å². The molecule has 0 saturated heterocycles. The van der Waals surface area contributed by atoms with Crippen molar-refractivity contribution in [2.45, 2.75) is 6.18 Å². The van der Waals surface area contributed by atoms with Crippen molar-refractivity contribution in [1.82, 2.24) is 4.98 Å². The Morgan fingerprint density at radius 1 is 1.15 bits per heavy atom. The van der Waals surface area contributed by atoms with Crippen LogP contribution in [0.1, 0.15) is 5.56 Å². The maximum absolute atomic E-state index is 13.3. The molecule has 0 aliphatic heterocycles. The molecule has 20 heavy (non-hydrogen) atoms. The molecule has 0 saturated carbocycles. The summed E-state index contributed by atoms with van der Waals surface area (Å²) >= 11 is 4.78. The van der Waals surface area contributed by atoms with Crippen LogP contribution in [0.4, 0.5) is 17.6 Å². The Labute approximate surface area is 117 Å². The first kappa shape index (κ1) is 14.5. The summed E-state index contributed by atoms with van der Waals surface area (Å²) < 4.78 is 56.5. The Morgan fingerprint density at radius 3 is 2.45 bits per heavy atom. The largest absolute Gasteiger partial charge is 0.496 e. The zero-order chi connectivity index (χ0) is 14.9. The maximum Gasteiger partial charge on any atom is 0.416 e. The lowest BCUT2D eigenvalue weighted by molar-refractivity contribution is -0.137. The van der Waals surface area contributed by atoms with E-state index in [1.165, 1.54) is 13.2 Å². The van der Waals surface area contributed by atoms with Crippen molar-refractivity contribution in [2.75, 3.05) is 7.11 Å². The highest BCUT2D eigenvalue weighted by molar-refractivity contribution is 7.71. The molecule has 1 heterocycles. The first-order chi connectivity index (χ1) is 9.31. The molecular formula is C13H9F4NOS. The number of pyridine rings is 1. The van der Waals surface area contributed by atoms with Crippen LogP contribution < -0.4 is 4.74 Å². The topological polar surface area (TPSA) is 25.0 Å². The van der Waals surface area contributed by atoms with Gasteiger partial charge in [-0.25, -0.2) is 4.39 Å². The molecule has 0 fully saturated rings. The highest BCUT2D eigenvalue weighted by Crippen LogP contribution is 2.34. The minimum atomic E-state index is -4.53. The Balaban J connectivity index is 2.67. The van der Waals surface area contributed by atoms with E-state index >= 15 is 0 Å². The van der Waals surface area contributed by atoms with Crippen LogP contribution in [-0.4, -0.2) is 12.1 Å². The summed E-state index contributed by atoms with van der Waals surface area (Å²) in [4.78, 5) is 2.61. The van der Waals surface area contributed by atoms with Crippen LogP contribution >= 0.6 is 12.2 Å². The van der Waals surface area contributed by atoms with Crippen molar-refractivity contribution in [3.8, 4) is 17.0 Å². The summed E-state index contributed by atoms with van der Waals surface area (Å²) in [7, 11) is 1.35. The molecule has 0 radical (unpaired) electrons. The summed E-state index contributed by atoms with van der Waals surface area (Å²) in [5, 5.41) is 0. The standard InChI is InChI=1S/C13H9F4NOS/c1-19-11-3-2-8(14)6-9(11)10-4-7(13(15,16)17)5-12(20)18-10/h2-6H,1H3,(H,18,20). The molecule has 2 nitrogen and oxygen atoms in total. The van der Waals surface area contributed by atoms with Crippen LogP contribution in [0, 0.1) is 10.5 Å². The molecular weight excluding hydrogens is 294 g/mol. The van der Waals surface area contributed by atoms with Gasteiger partial charge < -0.3 is 9.72 Å². The first-order valence-electron chi connectivity index (χ1n) is 5.47. The van der Waals surface area contributed by atoms with E-state index in [9.17, 15) is 17.6 Å². The Hall–Kier alpha value is -1.89. The Morgan fingerprint density at radius 2 is 1.85 bits per heavy atom. The number of alkyl halides is 3. The van der Waals surface area contributed by atoms with E-state index in [0.717, 1.165) is 24.3 Å². The van der Waals surface area contributed by atoms with Crippen molar-refractivity contribution < 1.29 is 22.3 Å². The highest BCUT2D eigenvalue weighted by atomic mass is 32.1. The summed E-state index contributed by atoms with van der Waals surface area (Å²) in [6, 6.07) is 5.25. The minimum absolute atomic E-state index is 0.0428. The first-order valence-corrected chi connectivity index (χ1v) is 5.87. The lowest BCUT2D eigenvalue weighted by atomic mass is 10.1. The number of nitrogens with one attached hydrogen (secondary N) is 1. The third-order valence-electron chi connectivity index (χ3n) is 2.62. The number of H-pyrrole nitrogens is 1. The number of aromatic amines is 1. The molecule has 2 rings (SSSR count). The molecule has 1 N–H and O–H groups in total. The smallest absolute Gasteiger partial charge is 0.416 e. The highest BCUT2D eigenvalue weighted by Gasteiger charge is 2.31. The number of halogens is 4. The monoisotopic (exact) mass is 303 g/mol. The summed E-state index contributed by atoms with van der Waals surface area (Å²) in [5.74, 6) is -0.339. The van der Waals surface area contributed by atoms with Gasteiger partial charge in [-0.3, -0.25) is 0 Å². The zero-order valence-electron chi connectivity index (χ0n) is 10.2. The molecule has 7 heteroatoms. The van der Waals surface area contributed by atoms with Crippen LogP contribution in [0.5, 0.6) is 5.75 Å². The van der Waals surface area contributed by atoms with Crippen molar-refractivity contribution in [1.29, 1.82) is 0 Å². The van der Waals surface area contributed by atoms with E-state index in [4.69, 9.17) is 17.0 Å². The number of hydrogen-bond acceptors (Lipinski definition) is 2. The third kappa shape index (κ3) is 2.98. The molecule has 0 bridgehead atoms. The van der Waals surface area contributed by atoms with Gasteiger partial charge in [0.25, 0.3) is 0 Å². The molecule has 1 aromatic heterocycles. The van der Waals surface area contributed by atoms with Crippen LogP contribution in [0.25, 0.3) is 11.3 Å². The maximum atomic E-state index is 13.3. The molecule has 0 atom stereocenters. The number of benzene rings is 1. The molecule has 0 amide bonds. The van der Waals surface area contributed by atoms with E-state index in [2.05, 4.69) is 4.98 Å². The predicted molar refractivity (Wildman–Crippen MR) is 68.6 cm³/mol. The quantitative estimate of drug-likeness (QED) is 0.649. The summed E-state index contributed by atoms with van der Waals surface area (Å²) in [5.41, 5.74) is -0.687. The van der Waals surface area contributed by atoms with E-state index < -0.39 is 17.6 Å². The number of hydrogen-bond donors (Lipinski definition) is 1. The lowest BCUT2D eigenvalue weighted by Crippen LogP contribution is -2.06. The summed E-state index contributed by atoms with van der Waals surface area (Å²) in [6.45, 7) is 0. The van der Waals surface area contributed by atoms with E-state index in [1.54, 1.807) is 0 Å². The third-order valence-corrected chi connectivity index (χ3v) is 2.84. The van der Waals surface area contributed by atoms with Gasteiger partial charge in [0.05, 0.1) is 18.4 Å². The number of rotatable bonds is 2. The fourth-order valence-corrected chi connectivity index (χ4v) is 1.98. The second-order valence-electron chi connectivity index (χ2n) is 3.99. The average molecular weight is 303 g/mol. The molecule has 1 aromatic carbocycles. The summed E-state index contributed by atoms with van der Waals surface area (Å²) in [6.07, 6.45) is -4.53. The van der Waals surface area contributed by atoms with Gasteiger partial charge in [0.2, 0.25) is 0 Å². The van der Waals surface area contributed by atoms with E-state index in [1.807, 2.05) is 0 Å². The van der Waals surface area contributed by atoms with Gasteiger partial charge in [-0.1, -0.05) is 12.2 Å². The Bertz CT molecular complexity index is 694. The van der Waals surface area contributed by atoms with Gasteiger partial charge >= 0.3 is 6.18 Å². The number of ether oxygens (including phenoxy) is 1. The molecule has 106 valence electrons. The van der Waals surface area contributed by atoms with Gasteiger partial charge in [0.1, 0.15) is 16.2 Å². The zero-order valence-corrected chi connectivity index (χ0v) is 11.0. The fraction of sp³-hybridized carbons (Fsp3) is 0.154. The fourth-order valence-electron chi connectivity index (χ4n) is 1.74.